The summed E-state index contributed by atoms with van der Waals surface area (Å²) in [5.74, 6) is 0.186. The molecule has 3 rings (SSSR count). The molecule has 0 spiro atoms. The first-order chi connectivity index (χ1) is 13.5. The minimum atomic E-state index is -0.517. The number of nitrogens with zero attached hydrogens (tertiary/aromatic N) is 3. The summed E-state index contributed by atoms with van der Waals surface area (Å²) in [5.41, 5.74) is 2.40. The van der Waals surface area contributed by atoms with Gasteiger partial charge in [0.25, 0.3) is 0 Å². The fourth-order valence-electron chi connectivity index (χ4n) is 2.87. The molecule has 8 heteroatoms. The Morgan fingerprint density at radius 3 is 2.61 bits per heavy atom. The highest BCUT2D eigenvalue weighted by atomic mass is 16.5. The van der Waals surface area contributed by atoms with E-state index in [0.717, 1.165) is 11.3 Å². The lowest BCUT2D eigenvalue weighted by molar-refractivity contribution is 0.0602. The second-order valence-electron chi connectivity index (χ2n) is 6.14. The van der Waals surface area contributed by atoms with Crippen LogP contribution in [0.3, 0.4) is 0 Å². The van der Waals surface area contributed by atoms with Gasteiger partial charge in [0.05, 0.1) is 30.6 Å². The number of hydrogen-bond donors (Lipinski definition) is 2. The molecule has 0 bridgehead atoms. The number of ether oxygens (including phenoxy) is 1. The molecule has 0 aliphatic heterocycles. The van der Waals surface area contributed by atoms with Crippen molar-refractivity contribution in [3.63, 3.8) is 0 Å². The highest BCUT2D eigenvalue weighted by Crippen LogP contribution is 2.20. The first-order valence-corrected chi connectivity index (χ1v) is 8.72. The van der Waals surface area contributed by atoms with Crippen LogP contribution in [-0.2, 0) is 4.74 Å². The van der Waals surface area contributed by atoms with Crippen molar-refractivity contribution in [1.29, 1.82) is 0 Å². The SMILES string of the molecule is COC(=O)c1ccccc1NC(=O)N[C@H](C)c1cnn(-c2ccccn2)c1C. The molecule has 0 saturated carbocycles. The van der Waals surface area contributed by atoms with Crippen LogP contribution in [0.4, 0.5) is 10.5 Å². The van der Waals surface area contributed by atoms with Gasteiger partial charge in [-0.15, -0.1) is 0 Å². The minimum absolute atomic E-state index is 0.284. The molecule has 2 aromatic heterocycles. The molecule has 0 radical (unpaired) electrons. The number of para-hydroxylation sites is 1. The molecule has 2 N–H and O–H groups in total. The monoisotopic (exact) mass is 379 g/mol. The number of amides is 2. The minimum Gasteiger partial charge on any atom is -0.465 e. The maximum Gasteiger partial charge on any atom is 0.339 e. The van der Waals surface area contributed by atoms with Crippen molar-refractivity contribution < 1.29 is 14.3 Å². The molecule has 144 valence electrons. The molecular weight excluding hydrogens is 358 g/mol. The maximum absolute atomic E-state index is 12.4. The van der Waals surface area contributed by atoms with Crippen LogP contribution in [0.1, 0.15) is 34.6 Å². The number of pyridine rings is 1. The van der Waals surface area contributed by atoms with E-state index in [1.807, 2.05) is 32.0 Å². The Bertz CT molecular complexity index is 985. The van der Waals surface area contributed by atoms with Crippen LogP contribution in [0.2, 0.25) is 0 Å². The first kappa shape index (κ1) is 19.1. The molecule has 2 amide bonds. The van der Waals surface area contributed by atoms with Gasteiger partial charge in [-0.05, 0) is 38.1 Å². The van der Waals surface area contributed by atoms with E-state index in [4.69, 9.17) is 4.74 Å². The second-order valence-corrected chi connectivity index (χ2v) is 6.14. The van der Waals surface area contributed by atoms with Gasteiger partial charge in [-0.1, -0.05) is 18.2 Å². The Hall–Kier alpha value is -3.68. The summed E-state index contributed by atoms with van der Waals surface area (Å²) in [6.07, 6.45) is 3.40. The average molecular weight is 379 g/mol. The summed E-state index contributed by atoms with van der Waals surface area (Å²) in [4.78, 5) is 28.6. The smallest absolute Gasteiger partial charge is 0.339 e. The lowest BCUT2D eigenvalue weighted by atomic mass is 10.1. The molecule has 0 saturated heterocycles. The molecular formula is C20H21N5O3. The van der Waals surface area contributed by atoms with Crippen molar-refractivity contribution in [3.05, 3.63) is 71.7 Å². The Balaban J connectivity index is 1.72. The standard InChI is InChI=1S/C20H21N5O3/c1-13(16-12-22-25(14(16)2)18-10-6-7-11-21-18)23-20(27)24-17-9-5-4-8-15(17)19(26)28-3/h4-13H,1-3H3,(H2,23,24,27)/t13-/m1/s1. The van der Waals surface area contributed by atoms with Gasteiger partial charge in [-0.25, -0.2) is 19.3 Å². The van der Waals surface area contributed by atoms with E-state index in [9.17, 15) is 9.59 Å². The van der Waals surface area contributed by atoms with Crippen LogP contribution in [0.5, 0.6) is 0 Å². The van der Waals surface area contributed by atoms with Gasteiger partial charge in [0.1, 0.15) is 0 Å². The third kappa shape index (κ3) is 4.01. The Labute approximate surface area is 162 Å². The van der Waals surface area contributed by atoms with Gasteiger partial charge < -0.3 is 15.4 Å². The van der Waals surface area contributed by atoms with E-state index in [1.54, 1.807) is 41.3 Å². The van der Waals surface area contributed by atoms with E-state index in [0.29, 0.717) is 11.5 Å². The zero-order valence-corrected chi connectivity index (χ0v) is 15.8. The summed E-state index contributed by atoms with van der Waals surface area (Å²) < 4.78 is 6.46. The van der Waals surface area contributed by atoms with Crippen molar-refractivity contribution in [1.82, 2.24) is 20.1 Å². The fraction of sp³-hybridized carbons (Fsp3) is 0.200. The van der Waals surface area contributed by atoms with Crippen molar-refractivity contribution >= 4 is 17.7 Å². The summed E-state index contributed by atoms with van der Waals surface area (Å²) in [6, 6.07) is 11.5. The zero-order valence-electron chi connectivity index (χ0n) is 15.8. The fourth-order valence-corrected chi connectivity index (χ4v) is 2.87. The van der Waals surface area contributed by atoms with E-state index in [-0.39, 0.29) is 11.6 Å². The van der Waals surface area contributed by atoms with Gasteiger partial charge in [0.2, 0.25) is 0 Å². The van der Waals surface area contributed by atoms with Gasteiger partial charge in [-0.2, -0.15) is 5.10 Å². The number of urea groups is 1. The third-order valence-electron chi connectivity index (χ3n) is 4.31. The number of esters is 1. The van der Waals surface area contributed by atoms with Crippen LogP contribution in [-0.4, -0.2) is 33.9 Å². The number of carbonyl (C=O) groups excluding carboxylic acids is 2. The number of hydrogen-bond acceptors (Lipinski definition) is 5. The summed E-state index contributed by atoms with van der Waals surface area (Å²) in [5, 5.41) is 9.92. The number of carbonyl (C=O) groups is 2. The zero-order chi connectivity index (χ0) is 20.1. The van der Waals surface area contributed by atoms with E-state index >= 15 is 0 Å². The van der Waals surface area contributed by atoms with E-state index in [1.165, 1.54) is 7.11 Å². The number of methoxy groups -OCH3 is 1. The topological polar surface area (TPSA) is 98.1 Å². The van der Waals surface area contributed by atoms with E-state index < -0.39 is 12.0 Å². The highest BCUT2D eigenvalue weighted by molar-refractivity contribution is 6.00. The summed E-state index contributed by atoms with van der Waals surface area (Å²) in [6.45, 7) is 3.78. The predicted molar refractivity (Wildman–Crippen MR) is 104 cm³/mol. The van der Waals surface area contributed by atoms with Gasteiger partial charge in [0, 0.05) is 17.5 Å². The Kier molecular flexibility index (Phi) is 5.69. The maximum atomic E-state index is 12.4. The van der Waals surface area contributed by atoms with Crippen LogP contribution < -0.4 is 10.6 Å². The van der Waals surface area contributed by atoms with Crippen molar-refractivity contribution in [2.24, 2.45) is 0 Å². The van der Waals surface area contributed by atoms with Crippen LogP contribution >= 0.6 is 0 Å². The highest BCUT2D eigenvalue weighted by Gasteiger charge is 2.18. The van der Waals surface area contributed by atoms with Crippen molar-refractivity contribution in [2.45, 2.75) is 19.9 Å². The van der Waals surface area contributed by atoms with Gasteiger partial charge >= 0.3 is 12.0 Å². The normalized spacial score (nSPS) is 11.5. The number of nitrogens with one attached hydrogen (secondary N) is 2. The quantitative estimate of drug-likeness (QED) is 0.663. The number of rotatable bonds is 5. The number of aromatic nitrogens is 3. The predicted octanol–water partition coefficient (Wildman–Crippen LogP) is 3.25. The molecule has 2 heterocycles. The van der Waals surface area contributed by atoms with Gasteiger partial charge in [0.15, 0.2) is 5.82 Å². The van der Waals surface area contributed by atoms with Crippen molar-refractivity contribution in [3.8, 4) is 5.82 Å². The van der Waals surface area contributed by atoms with Crippen molar-refractivity contribution in [2.75, 3.05) is 12.4 Å². The lowest BCUT2D eigenvalue weighted by Crippen LogP contribution is -2.32. The molecule has 0 fully saturated rings. The average Bonchev–Trinajstić information content (AvgIpc) is 3.10. The molecule has 0 aliphatic rings. The molecule has 1 aromatic carbocycles. The molecule has 28 heavy (non-hydrogen) atoms. The number of anilines is 1. The summed E-state index contributed by atoms with van der Waals surface area (Å²) >= 11 is 0. The second kappa shape index (κ2) is 8.34. The van der Waals surface area contributed by atoms with Crippen LogP contribution in [0, 0.1) is 6.92 Å². The van der Waals surface area contributed by atoms with Gasteiger partial charge in [-0.3, -0.25) is 0 Å². The number of benzene rings is 1. The Morgan fingerprint density at radius 1 is 1.14 bits per heavy atom. The molecule has 0 aliphatic carbocycles. The first-order valence-electron chi connectivity index (χ1n) is 8.72. The third-order valence-corrected chi connectivity index (χ3v) is 4.31. The molecule has 0 unspecified atom stereocenters. The molecule has 1 atom stereocenters. The largest absolute Gasteiger partial charge is 0.465 e. The van der Waals surface area contributed by atoms with Crippen LogP contribution in [0.25, 0.3) is 5.82 Å². The van der Waals surface area contributed by atoms with Crippen LogP contribution in [0.15, 0.2) is 54.9 Å². The Morgan fingerprint density at radius 2 is 1.89 bits per heavy atom. The summed E-state index contributed by atoms with van der Waals surface area (Å²) in [7, 11) is 1.29. The molecule has 3 aromatic rings. The van der Waals surface area contributed by atoms with E-state index in [2.05, 4.69) is 20.7 Å². The lowest BCUT2D eigenvalue weighted by Gasteiger charge is -2.16. The molecule has 8 nitrogen and oxygen atoms in total.